The number of hydrogen-bond donors (Lipinski definition) is 1. The summed E-state index contributed by atoms with van der Waals surface area (Å²) in [4.78, 5) is 27.6. The van der Waals surface area contributed by atoms with E-state index in [4.69, 9.17) is 9.97 Å². The number of carbonyl (C=O) groups excluding carboxylic acids is 1. The monoisotopic (exact) mass is 373 g/mol. The molecule has 0 fully saturated rings. The van der Waals surface area contributed by atoms with Crippen LogP contribution < -0.4 is 5.32 Å². The highest BCUT2D eigenvalue weighted by atomic mass is 16.2. The molecular weight excluding hydrogens is 350 g/mol. The summed E-state index contributed by atoms with van der Waals surface area (Å²) >= 11 is 0. The number of nitrogens with zero attached hydrogens (tertiary/aromatic N) is 4. The Balaban J connectivity index is 1.74. The number of fused-ring (bicyclic) bond motifs is 1. The van der Waals surface area contributed by atoms with Crippen LogP contribution in [0.1, 0.15) is 36.7 Å². The van der Waals surface area contributed by atoms with Crippen LogP contribution in [0.15, 0.2) is 54.7 Å². The largest absolute Gasteiger partial charge is 0.363 e. The summed E-state index contributed by atoms with van der Waals surface area (Å²) in [6.45, 7) is 4.90. The van der Waals surface area contributed by atoms with Gasteiger partial charge in [-0.05, 0) is 31.0 Å². The fourth-order valence-electron chi connectivity index (χ4n) is 3.46. The van der Waals surface area contributed by atoms with Gasteiger partial charge in [0.15, 0.2) is 5.82 Å². The van der Waals surface area contributed by atoms with Crippen LogP contribution >= 0.6 is 0 Å². The van der Waals surface area contributed by atoms with Gasteiger partial charge in [-0.3, -0.25) is 9.78 Å². The summed E-state index contributed by atoms with van der Waals surface area (Å²) in [5.41, 5.74) is 3.89. The molecule has 0 aliphatic carbocycles. The van der Waals surface area contributed by atoms with Gasteiger partial charge >= 0.3 is 0 Å². The smallest absolute Gasteiger partial charge is 0.219 e. The van der Waals surface area contributed by atoms with Crippen LogP contribution in [0.3, 0.4) is 0 Å². The number of pyridine rings is 1. The molecule has 142 valence electrons. The zero-order chi connectivity index (χ0) is 19.5. The Morgan fingerprint density at radius 2 is 1.89 bits per heavy atom. The number of benzene rings is 1. The third-order valence-corrected chi connectivity index (χ3v) is 5.06. The summed E-state index contributed by atoms with van der Waals surface area (Å²) in [5.74, 6) is 1.47. The minimum Gasteiger partial charge on any atom is -0.363 e. The molecule has 6 nitrogen and oxygen atoms in total. The zero-order valence-corrected chi connectivity index (χ0v) is 16.1. The average Bonchev–Trinajstić information content (AvgIpc) is 2.74. The Morgan fingerprint density at radius 3 is 2.61 bits per heavy atom. The molecule has 0 saturated heterocycles. The van der Waals surface area contributed by atoms with E-state index in [1.165, 1.54) is 5.56 Å². The summed E-state index contributed by atoms with van der Waals surface area (Å²) in [7, 11) is 0. The van der Waals surface area contributed by atoms with Gasteiger partial charge in [-0.2, -0.15) is 0 Å². The van der Waals surface area contributed by atoms with Crippen molar-refractivity contribution in [2.45, 2.75) is 32.9 Å². The highest BCUT2D eigenvalue weighted by Crippen LogP contribution is 2.29. The van der Waals surface area contributed by atoms with Crippen LogP contribution in [0.2, 0.25) is 0 Å². The number of aromatic nitrogens is 3. The van der Waals surface area contributed by atoms with Crippen molar-refractivity contribution in [3.63, 3.8) is 0 Å². The SMILES string of the molecule is CC(=O)N1CCc2c(nc(-c3ccccn3)nc2N[C@H](C)c2ccccc2)C1. The maximum absolute atomic E-state index is 11.9. The van der Waals surface area contributed by atoms with Gasteiger partial charge in [-0.1, -0.05) is 36.4 Å². The summed E-state index contributed by atoms with van der Waals surface area (Å²) < 4.78 is 0. The van der Waals surface area contributed by atoms with Crippen LogP contribution in [0.25, 0.3) is 11.5 Å². The number of carbonyl (C=O) groups is 1. The molecule has 3 aromatic rings. The van der Waals surface area contributed by atoms with Crippen molar-refractivity contribution in [3.8, 4) is 11.5 Å². The first-order chi connectivity index (χ1) is 13.6. The minimum absolute atomic E-state index is 0.0656. The van der Waals surface area contributed by atoms with E-state index in [-0.39, 0.29) is 11.9 Å². The van der Waals surface area contributed by atoms with E-state index in [1.807, 2.05) is 41.3 Å². The first-order valence-corrected chi connectivity index (χ1v) is 9.50. The topological polar surface area (TPSA) is 71.0 Å². The highest BCUT2D eigenvalue weighted by molar-refractivity contribution is 5.74. The van der Waals surface area contributed by atoms with Gasteiger partial charge in [0, 0.05) is 31.3 Å². The van der Waals surface area contributed by atoms with Gasteiger partial charge in [0.25, 0.3) is 0 Å². The Bertz CT molecular complexity index is 975. The molecule has 28 heavy (non-hydrogen) atoms. The lowest BCUT2D eigenvalue weighted by atomic mass is 10.0. The van der Waals surface area contributed by atoms with E-state index in [9.17, 15) is 4.79 Å². The average molecular weight is 373 g/mol. The van der Waals surface area contributed by atoms with Crippen molar-refractivity contribution in [2.75, 3.05) is 11.9 Å². The van der Waals surface area contributed by atoms with Gasteiger partial charge in [0.05, 0.1) is 12.2 Å². The first kappa shape index (κ1) is 18.1. The zero-order valence-electron chi connectivity index (χ0n) is 16.1. The number of amides is 1. The fourth-order valence-corrected chi connectivity index (χ4v) is 3.46. The number of nitrogens with one attached hydrogen (secondary N) is 1. The Labute approximate surface area is 164 Å². The molecule has 1 amide bonds. The second-order valence-electron chi connectivity index (χ2n) is 7.00. The fraction of sp³-hybridized carbons (Fsp3) is 0.273. The van der Waals surface area contributed by atoms with Crippen LogP contribution in [-0.4, -0.2) is 32.3 Å². The van der Waals surface area contributed by atoms with Crippen molar-refractivity contribution in [1.29, 1.82) is 0 Å². The van der Waals surface area contributed by atoms with E-state index < -0.39 is 0 Å². The lowest BCUT2D eigenvalue weighted by Crippen LogP contribution is -2.35. The molecule has 0 unspecified atom stereocenters. The van der Waals surface area contributed by atoms with Crippen LogP contribution in [0, 0.1) is 0 Å². The molecule has 1 aliphatic rings. The highest BCUT2D eigenvalue weighted by Gasteiger charge is 2.25. The molecule has 0 saturated carbocycles. The van der Waals surface area contributed by atoms with Crippen molar-refractivity contribution in [1.82, 2.24) is 19.9 Å². The van der Waals surface area contributed by atoms with Crippen molar-refractivity contribution in [3.05, 3.63) is 71.5 Å². The van der Waals surface area contributed by atoms with Crippen LogP contribution in [-0.2, 0) is 17.8 Å². The maximum Gasteiger partial charge on any atom is 0.219 e. The van der Waals surface area contributed by atoms with Gasteiger partial charge < -0.3 is 10.2 Å². The number of rotatable bonds is 4. The predicted octanol–water partition coefficient (Wildman–Crippen LogP) is 3.62. The number of anilines is 1. The molecule has 1 atom stereocenters. The van der Waals surface area contributed by atoms with Crippen molar-refractivity contribution < 1.29 is 4.79 Å². The molecule has 3 heterocycles. The van der Waals surface area contributed by atoms with E-state index in [2.05, 4.69) is 29.4 Å². The van der Waals surface area contributed by atoms with E-state index >= 15 is 0 Å². The molecule has 1 aliphatic heterocycles. The maximum atomic E-state index is 11.9. The normalized spacial score (nSPS) is 14.3. The lowest BCUT2D eigenvalue weighted by Gasteiger charge is -2.29. The third kappa shape index (κ3) is 3.71. The second kappa shape index (κ2) is 7.76. The Morgan fingerprint density at radius 1 is 1.11 bits per heavy atom. The van der Waals surface area contributed by atoms with E-state index in [0.717, 1.165) is 29.2 Å². The molecule has 6 heteroatoms. The summed E-state index contributed by atoms with van der Waals surface area (Å²) in [5, 5.41) is 3.56. The minimum atomic E-state index is 0.0656. The van der Waals surface area contributed by atoms with E-state index in [1.54, 1.807) is 13.1 Å². The number of hydrogen-bond acceptors (Lipinski definition) is 5. The summed E-state index contributed by atoms with van der Waals surface area (Å²) in [6, 6.07) is 16.1. The van der Waals surface area contributed by atoms with E-state index in [0.29, 0.717) is 18.9 Å². The molecule has 0 bridgehead atoms. The van der Waals surface area contributed by atoms with Crippen LogP contribution in [0.4, 0.5) is 5.82 Å². The molecule has 0 spiro atoms. The quantitative estimate of drug-likeness (QED) is 0.756. The van der Waals surface area contributed by atoms with Crippen molar-refractivity contribution in [2.24, 2.45) is 0 Å². The molecular formula is C22H23N5O. The Hall–Kier alpha value is -3.28. The molecule has 2 aromatic heterocycles. The van der Waals surface area contributed by atoms with Gasteiger partial charge in [0.2, 0.25) is 5.91 Å². The molecule has 1 N–H and O–H groups in total. The van der Waals surface area contributed by atoms with Gasteiger partial charge in [0.1, 0.15) is 11.5 Å². The molecule has 1 aromatic carbocycles. The van der Waals surface area contributed by atoms with Gasteiger partial charge in [-0.25, -0.2) is 9.97 Å². The summed E-state index contributed by atoms with van der Waals surface area (Å²) in [6.07, 6.45) is 2.47. The molecule has 4 rings (SSSR count). The second-order valence-corrected chi connectivity index (χ2v) is 7.00. The first-order valence-electron chi connectivity index (χ1n) is 9.50. The molecule has 0 radical (unpaired) electrons. The third-order valence-electron chi connectivity index (χ3n) is 5.06. The van der Waals surface area contributed by atoms with Gasteiger partial charge in [-0.15, -0.1) is 0 Å². The predicted molar refractivity (Wildman–Crippen MR) is 109 cm³/mol. The standard InChI is InChI=1S/C22H23N5O/c1-15(17-8-4-3-5-9-17)24-21-18-11-13-27(16(2)28)14-20(18)25-22(26-21)19-10-6-7-12-23-19/h3-10,12,15H,11,13-14H2,1-2H3,(H,24,25,26)/t15-/m1/s1. The van der Waals surface area contributed by atoms with Crippen LogP contribution in [0.5, 0.6) is 0 Å². The Kier molecular flexibility index (Phi) is 5.02. The lowest BCUT2D eigenvalue weighted by molar-refractivity contribution is -0.129. The van der Waals surface area contributed by atoms with Crippen molar-refractivity contribution >= 4 is 11.7 Å².